The van der Waals surface area contributed by atoms with Crippen LogP contribution in [0.2, 0.25) is 0 Å². The predicted octanol–water partition coefficient (Wildman–Crippen LogP) is 3.94. The molecule has 0 fully saturated rings. The van der Waals surface area contributed by atoms with Crippen molar-refractivity contribution in [3.05, 3.63) is 97.8 Å². The Bertz CT molecular complexity index is 1190. The Labute approximate surface area is 175 Å². The number of pyridine rings is 1. The molecule has 29 heavy (non-hydrogen) atoms. The fourth-order valence-corrected chi connectivity index (χ4v) is 4.64. The zero-order valence-electron chi connectivity index (χ0n) is 15.3. The third-order valence-electron chi connectivity index (χ3n) is 4.23. The number of aromatic nitrogens is 1. The van der Waals surface area contributed by atoms with E-state index in [1.54, 1.807) is 11.3 Å². The van der Waals surface area contributed by atoms with Gasteiger partial charge in [0.2, 0.25) is 11.4 Å². The lowest BCUT2D eigenvalue weighted by atomic mass is 10.1. The molecule has 1 aliphatic rings. The van der Waals surface area contributed by atoms with Crippen LogP contribution < -0.4 is 11.0 Å². The van der Waals surface area contributed by atoms with Gasteiger partial charge in [-0.15, -0.1) is 23.1 Å². The molecule has 0 saturated heterocycles. The van der Waals surface area contributed by atoms with Crippen molar-refractivity contribution in [2.45, 2.75) is 17.2 Å². The normalized spacial score (nSPS) is 12.8. The van der Waals surface area contributed by atoms with E-state index in [0.29, 0.717) is 34.5 Å². The number of rotatable bonds is 6. The molecule has 2 aromatic heterocycles. The van der Waals surface area contributed by atoms with Gasteiger partial charge < -0.3 is 9.82 Å². The van der Waals surface area contributed by atoms with Crippen molar-refractivity contribution in [3.63, 3.8) is 0 Å². The molecule has 4 rings (SSSR count). The van der Waals surface area contributed by atoms with Gasteiger partial charge in [-0.25, -0.2) is 5.48 Å². The van der Waals surface area contributed by atoms with Gasteiger partial charge in [-0.2, -0.15) is 10.3 Å². The molecule has 3 heterocycles. The second-order valence-electron chi connectivity index (χ2n) is 6.28. The summed E-state index contributed by atoms with van der Waals surface area (Å²) in [7, 11) is 0. The predicted molar refractivity (Wildman–Crippen MR) is 115 cm³/mol. The smallest absolute Gasteiger partial charge is 0.249 e. The van der Waals surface area contributed by atoms with E-state index in [4.69, 9.17) is 4.84 Å². The van der Waals surface area contributed by atoms with Gasteiger partial charge in [-0.1, -0.05) is 24.3 Å². The van der Waals surface area contributed by atoms with E-state index in [0.717, 1.165) is 21.6 Å². The molecule has 0 atom stereocenters. The minimum absolute atomic E-state index is 0.202. The maximum Gasteiger partial charge on any atom is 0.249 e. The number of hydrogen-bond acceptors (Lipinski definition) is 7. The topological polar surface area (TPSA) is 90.3 Å². The third kappa shape index (κ3) is 4.42. The van der Waals surface area contributed by atoms with Crippen LogP contribution in [-0.4, -0.2) is 10.8 Å². The Morgan fingerprint density at radius 2 is 2.17 bits per heavy atom. The number of thiophene rings is 1. The minimum atomic E-state index is -0.202. The Hall–Kier alpha value is -3.28. The first-order chi connectivity index (χ1) is 14.1. The maximum atomic E-state index is 12.2. The highest BCUT2D eigenvalue weighted by Crippen LogP contribution is 2.27. The summed E-state index contributed by atoms with van der Waals surface area (Å²) in [4.78, 5) is 25.3. The highest BCUT2D eigenvalue weighted by molar-refractivity contribution is 7.98. The molecular formula is C21H16N4O2S2. The number of nitrogens with zero attached hydrogens (tertiary/aromatic N) is 2. The van der Waals surface area contributed by atoms with Gasteiger partial charge >= 0.3 is 0 Å². The number of H-pyrrole nitrogens is 1. The lowest BCUT2D eigenvalue weighted by Gasteiger charge is -2.09. The van der Waals surface area contributed by atoms with Crippen molar-refractivity contribution in [1.82, 2.24) is 10.5 Å². The Kier molecular flexibility index (Phi) is 5.51. The molecule has 3 aromatic rings. The second-order valence-corrected chi connectivity index (χ2v) is 8.30. The molecule has 0 bridgehead atoms. The molecule has 8 heteroatoms. The third-order valence-corrected chi connectivity index (χ3v) is 6.18. The molecule has 0 aliphatic carbocycles. The Morgan fingerprint density at radius 1 is 1.28 bits per heavy atom. The average molecular weight is 421 g/mol. The molecule has 0 spiro atoms. The Balaban J connectivity index is 1.56. The number of aliphatic imine (C=N–C) groups is 1. The minimum Gasteiger partial charge on any atom is -0.361 e. The second kappa shape index (κ2) is 8.39. The van der Waals surface area contributed by atoms with E-state index in [-0.39, 0.29) is 5.56 Å². The number of nitriles is 1. The number of thioether (sulfide) groups is 1. The molecule has 0 unspecified atom stereocenters. The van der Waals surface area contributed by atoms with Crippen LogP contribution in [0, 0.1) is 11.3 Å². The van der Waals surface area contributed by atoms with Gasteiger partial charge in [0.05, 0.1) is 10.6 Å². The van der Waals surface area contributed by atoms with Gasteiger partial charge in [0, 0.05) is 28.7 Å². The van der Waals surface area contributed by atoms with E-state index in [1.165, 1.54) is 17.8 Å². The fourth-order valence-electron chi connectivity index (χ4n) is 2.92. The molecule has 144 valence electrons. The molecule has 1 aliphatic heterocycles. The van der Waals surface area contributed by atoms with Gasteiger partial charge in [0.25, 0.3) is 0 Å². The fraction of sp³-hybridized carbons (Fsp3) is 0.0952. The first kappa shape index (κ1) is 19.1. The number of hydrogen-bond donors (Lipinski definition) is 2. The quantitative estimate of drug-likeness (QED) is 0.590. The van der Waals surface area contributed by atoms with E-state index >= 15 is 0 Å². The van der Waals surface area contributed by atoms with E-state index < -0.39 is 0 Å². The number of hydroxylamine groups is 1. The summed E-state index contributed by atoms with van der Waals surface area (Å²) >= 11 is 3.04. The van der Waals surface area contributed by atoms with E-state index in [2.05, 4.69) is 28.1 Å². The summed E-state index contributed by atoms with van der Waals surface area (Å²) in [5.41, 5.74) is 5.70. The standard InChI is InChI=1S/C21H16N4O2S2/c1-13-23-20(25-27-13)15-5-2-4-14(8-15)12-29-21-18(11-22)16(10-19(26)24-21)9-17-6-3-7-28-17/h2-8,10H,1,9,12H2,(H,23,25)(H,24,26). The molecule has 6 nitrogen and oxygen atoms in total. The van der Waals surface area contributed by atoms with Crippen molar-refractivity contribution < 1.29 is 4.84 Å². The van der Waals surface area contributed by atoms with Gasteiger partial charge in [0.15, 0.2) is 5.84 Å². The van der Waals surface area contributed by atoms with Crippen LogP contribution in [0.3, 0.4) is 0 Å². The van der Waals surface area contributed by atoms with Crippen LogP contribution in [0.4, 0.5) is 0 Å². The van der Waals surface area contributed by atoms with Crippen LogP contribution in [0.15, 0.2) is 75.1 Å². The summed E-state index contributed by atoms with van der Waals surface area (Å²) < 4.78 is 0. The van der Waals surface area contributed by atoms with Crippen LogP contribution in [-0.2, 0) is 17.0 Å². The molecular weight excluding hydrogens is 404 g/mol. The largest absolute Gasteiger partial charge is 0.361 e. The summed E-state index contributed by atoms with van der Waals surface area (Å²) in [6, 6.07) is 15.6. The van der Waals surface area contributed by atoms with Crippen LogP contribution in [0.25, 0.3) is 0 Å². The SMILES string of the molecule is C=C1N=C(c2cccc(CSc3[nH]c(=O)cc(Cc4cccs4)c3C#N)c2)NO1. The van der Waals surface area contributed by atoms with Crippen LogP contribution >= 0.6 is 23.1 Å². The number of benzene rings is 1. The monoisotopic (exact) mass is 420 g/mol. The summed E-state index contributed by atoms with van der Waals surface area (Å²) in [6.07, 6.45) is 0.572. The summed E-state index contributed by atoms with van der Waals surface area (Å²) in [5.74, 6) is 1.51. The molecule has 0 saturated carbocycles. The zero-order valence-corrected chi connectivity index (χ0v) is 16.9. The maximum absolute atomic E-state index is 12.2. The van der Waals surface area contributed by atoms with Crippen molar-refractivity contribution in [3.8, 4) is 6.07 Å². The molecule has 0 radical (unpaired) electrons. The highest BCUT2D eigenvalue weighted by atomic mass is 32.2. The number of aromatic amines is 1. The van der Waals surface area contributed by atoms with Crippen LogP contribution in [0.5, 0.6) is 0 Å². The van der Waals surface area contributed by atoms with Crippen molar-refractivity contribution in [2.75, 3.05) is 0 Å². The average Bonchev–Trinajstić information content (AvgIpc) is 3.38. The molecule has 1 aromatic carbocycles. The first-order valence-electron chi connectivity index (χ1n) is 8.73. The Morgan fingerprint density at radius 3 is 2.90 bits per heavy atom. The number of amidine groups is 1. The lowest BCUT2D eigenvalue weighted by molar-refractivity contribution is 0.179. The first-order valence-corrected chi connectivity index (χ1v) is 10.6. The number of nitrogens with one attached hydrogen (secondary N) is 2. The summed E-state index contributed by atoms with van der Waals surface area (Å²) in [6.45, 7) is 3.65. The lowest BCUT2D eigenvalue weighted by Crippen LogP contribution is -2.17. The van der Waals surface area contributed by atoms with Crippen LogP contribution in [0.1, 0.15) is 27.1 Å². The molecule has 0 amide bonds. The molecule has 2 N–H and O–H groups in total. The summed E-state index contributed by atoms with van der Waals surface area (Å²) in [5, 5.41) is 12.3. The zero-order chi connectivity index (χ0) is 20.2. The van der Waals surface area contributed by atoms with Crippen molar-refractivity contribution >= 4 is 28.9 Å². The highest BCUT2D eigenvalue weighted by Gasteiger charge is 2.15. The van der Waals surface area contributed by atoms with E-state index in [1.807, 2.05) is 41.8 Å². The van der Waals surface area contributed by atoms with E-state index in [9.17, 15) is 10.1 Å². The van der Waals surface area contributed by atoms with Crippen molar-refractivity contribution in [1.29, 1.82) is 5.26 Å². The van der Waals surface area contributed by atoms with Gasteiger partial charge in [0.1, 0.15) is 6.07 Å². The van der Waals surface area contributed by atoms with Crippen molar-refractivity contribution in [2.24, 2.45) is 4.99 Å². The van der Waals surface area contributed by atoms with Gasteiger partial charge in [-0.3, -0.25) is 4.79 Å². The van der Waals surface area contributed by atoms with Gasteiger partial charge in [-0.05, 0) is 35.2 Å².